The largest absolute Gasteiger partial charge is 0.395 e. The molecule has 5 heteroatoms. The molecule has 0 aliphatic rings. The predicted octanol–water partition coefficient (Wildman–Crippen LogP) is 1.18. The number of carbonyl (C=O) groups excluding carboxylic acids is 1. The minimum Gasteiger partial charge on any atom is -0.395 e. The van der Waals surface area contributed by atoms with Crippen molar-refractivity contribution in [1.29, 1.82) is 0 Å². The molecule has 5 nitrogen and oxygen atoms in total. The summed E-state index contributed by atoms with van der Waals surface area (Å²) >= 11 is 0. The van der Waals surface area contributed by atoms with E-state index >= 15 is 0 Å². The molecule has 2 aromatic rings. The number of rotatable bonds is 4. The van der Waals surface area contributed by atoms with Gasteiger partial charge in [-0.3, -0.25) is 9.59 Å². The Hall–Kier alpha value is -2.14. The second kappa shape index (κ2) is 5.88. The lowest BCUT2D eigenvalue weighted by atomic mass is 10.1. The number of hydrogen-bond acceptors (Lipinski definition) is 3. The SMILES string of the molecule is CC(=O)N(CCO)Cc1cc2cc(C)ccc2[nH]c1=O. The number of aliphatic hydroxyl groups excluding tert-OH is 1. The van der Waals surface area contributed by atoms with Crippen LogP contribution in [0.5, 0.6) is 0 Å². The number of hydrogen-bond donors (Lipinski definition) is 2. The van der Waals surface area contributed by atoms with E-state index in [1.165, 1.54) is 11.8 Å². The Kier molecular flexibility index (Phi) is 4.20. The first-order chi connectivity index (χ1) is 9.51. The molecule has 1 amide bonds. The molecule has 2 rings (SSSR count). The number of aromatic amines is 1. The maximum absolute atomic E-state index is 12.0. The summed E-state index contributed by atoms with van der Waals surface area (Å²) in [6, 6.07) is 7.59. The van der Waals surface area contributed by atoms with Crippen LogP contribution < -0.4 is 5.56 Å². The maximum atomic E-state index is 12.0. The van der Waals surface area contributed by atoms with Crippen LogP contribution in [0.3, 0.4) is 0 Å². The second-order valence-electron chi connectivity index (χ2n) is 4.88. The zero-order chi connectivity index (χ0) is 14.7. The van der Waals surface area contributed by atoms with Crippen LogP contribution in [0.4, 0.5) is 0 Å². The number of amides is 1. The van der Waals surface area contributed by atoms with Crippen molar-refractivity contribution in [1.82, 2.24) is 9.88 Å². The van der Waals surface area contributed by atoms with Gasteiger partial charge in [0.1, 0.15) is 0 Å². The lowest BCUT2D eigenvalue weighted by molar-refractivity contribution is -0.129. The van der Waals surface area contributed by atoms with Gasteiger partial charge in [0.05, 0.1) is 13.2 Å². The molecule has 0 aliphatic heterocycles. The number of aliphatic hydroxyl groups is 1. The predicted molar refractivity (Wildman–Crippen MR) is 77.5 cm³/mol. The molecule has 1 heterocycles. The van der Waals surface area contributed by atoms with Gasteiger partial charge in [0.15, 0.2) is 0 Å². The minimum absolute atomic E-state index is 0.121. The van der Waals surface area contributed by atoms with Crippen molar-refractivity contribution in [3.05, 3.63) is 45.7 Å². The standard InChI is InChI=1S/C15H18N2O3/c1-10-3-4-14-12(7-10)8-13(15(20)16-14)9-17(5-6-18)11(2)19/h3-4,7-8,18H,5-6,9H2,1-2H3,(H,16,20). The zero-order valence-corrected chi connectivity index (χ0v) is 11.6. The number of H-pyrrole nitrogens is 1. The highest BCUT2D eigenvalue weighted by Crippen LogP contribution is 2.14. The van der Waals surface area contributed by atoms with Gasteiger partial charge in [-0.1, -0.05) is 11.6 Å². The molecule has 0 saturated carbocycles. The molecule has 20 heavy (non-hydrogen) atoms. The summed E-state index contributed by atoms with van der Waals surface area (Å²) in [6.07, 6.45) is 0. The maximum Gasteiger partial charge on any atom is 0.253 e. The van der Waals surface area contributed by atoms with Crippen LogP contribution in [-0.2, 0) is 11.3 Å². The summed E-state index contributed by atoms with van der Waals surface area (Å²) in [5.41, 5.74) is 2.20. The average Bonchev–Trinajstić information content (AvgIpc) is 2.39. The quantitative estimate of drug-likeness (QED) is 0.879. The van der Waals surface area contributed by atoms with E-state index < -0.39 is 0 Å². The van der Waals surface area contributed by atoms with Gasteiger partial charge in [0, 0.05) is 24.5 Å². The smallest absolute Gasteiger partial charge is 0.253 e. The molecule has 0 unspecified atom stereocenters. The fourth-order valence-corrected chi connectivity index (χ4v) is 2.16. The Labute approximate surface area is 116 Å². The van der Waals surface area contributed by atoms with E-state index in [1.54, 1.807) is 6.07 Å². The number of aromatic nitrogens is 1. The van der Waals surface area contributed by atoms with Gasteiger partial charge in [-0.2, -0.15) is 0 Å². The molecule has 1 aromatic heterocycles. The third-order valence-electron chi connectivity index (χ3n) is 3.25. The van der Waals surface area contributed by atoms with Crippen molar-refractivity contribution in [2.45, 2.75) is 20.4 Å². The zero-order valence-electron chi connectivity index (χ0n) is 11.6. The van der Waals surface area contributed by atoms with Crippen LogP contribution in [0.25, 0.3) is 10.9 Å². The third kappa shape index (κ3) is 3.05. The van der Waals surface area contributed by atoms with Crippen LogP contribution >= 0.6 is 0 Å². The van der Waals surface area contributed by atoms with Crippen molar-refractivity contribution in [3.63, 3.8) is 0 Å². The highest BCUT2D eigenvalue weighted by Gasteiger charge is 2.12. The molecule has 0 radical (unpaired) electrons. The van der Waals surface area contributed by atoms with Gasteiger partial charge in [0.25, 0.3) is 5.56 Å². The summed E-state index contributed by atoms with van der Waals surface area (Å²) in [5.74, 6) is -0.164. The lowest BCUT2D eigenvalue weighted by Gasteiger charge is -2.19. The van der Waals surface area contributed by atoms with Gasteiger partial charge in [-0.25, -0.2) is 0 Å². The Bertz CT molecular complexity index is 691. The molecular weight excluding hydrogens is 256 g/mol. The van der Waals surface area contributed by atoms with Gasteiger partial charge in [-0.15, -0.1) is 0 Å². The molecule has 0 aliphatic carbocycles. The molecule has 0 bridgehead atoms. The Morgan fingerprint density at radius 2 is 2.10 bits per heavy atom. The van der Waals surface area contributed by atoms with Crippen LogP contribution in [0.2, 0.25) is 0 Å². The number of fused-ring (bicyclic) bond motifs is 1. The number of pyridine rings is 1. The second-order valence-corrected chi connectivity index (χ2v) is 4.88. The van der Waals surface area contributed by atoms with Crippen LogP contribution in [0.15, 0.2) is 29.1 Å². The minimum atomic E-state index is -0.203. The van der Waals surface area contributed by atoms with E-state index in [2.05, 4.69) is 4.98 Å². The first kappa shape index (κ1) is 14.3. The Morgan fingerprint density at radius 3 is 2.75 bits per heavy atom. The Morgan fingerprint density at radius 1 is 1.35 bits per heavy atom. The van der Waals surface area contributed by atoms with E-state index in [1.807, 2.05) is 25.1 Å². The van der Waals surface area contributed by atoms with Crippen LogP contribution in [0.1, 0.15) is 18.1 Å². The fraction of sp³-hybridized carbons (Fsp3) is 0.333. The molecule has 1 aromatic carbocycles. The van der Waals surface area contributed by atoms with Crippen molar-refractivity contribution >= 4 is 16.8 Å². The summed E-state index contributed by atoms with van der Waals surface area (Å²) in [7, 11) is 0. The highest BCUT2D eigenvalue weighted by atomic mass is 16.3. The van der Waals surface area contributed by atoms with Crippen LogP contribution in [-0.4, -0.2) is 34.0 Å². The van der Waals surface area contributed by atoms with Gasteiger partial charge >= 0.3 is 0 Å². The van der Waals surface area contributed by atoms with E-state index in [9.17, 15) is 9.59 Å². The lowest BCUT2D eigenvalue weighted by Crippen LogP contribution is -2.33. The molecule has 0 spiro atoms. The number of carbonyl (C=O) groups is 1. The number of nitrogens with zero attached hydrogens (tertiary/aromatic N) is 1. The average molecular weight is 274 g/mol. The fourth-order valence-electron chi connectivity index (χ4n) is 2.16. The van der Waals surface area contributed by atoms with E-state index in [-0.39, 0.29) is 31.2 Å². The molecular formula is C15H18N2O3. The summed E-state index contributed by atoms with van der Waals surface area (Å²) in [6.45, 7) is 3.72. The first-order valence-corrected chi connectivity index (χ1v) is 6.50. The number of benzene rings is 1. The molecule has 2 N–H and O–H groups in total. The molecule has 106 valence electrons. The normalized spacial score (nSPS) is 10.8. The molecule has 0 saturated heterocycles. The van der Waals surface area contributed by atoms with Crippen molar-refractivity contribution in [2.24, 2.45) is 0 Å². The third-order valence-corrected chi connectivity index (χ3v) is 3.25. The summed E-state index contributed by atoms with van der Waals surface area (Å²) in [5, 5.41) is 9.90. The van der Waals surface area contributed by atoms with E-state index in [0.717, 1.165) is 16.5 Å². The summed E-state index contributed by atoms with van der Waals surface area (Å²) in [4.78, 5) is 27.8. The van der Waals surface area contributed by atoms with Crippen molar-refractivity contribution in [3.8, 4) is 0 Å². The monoisotopic (exact) mass is 274 g/mol. The van der Waals surface area contributed by atoms with Gasteiger partial charge in [-0.05, 0) is 30.5 Å². The van der Waals surface area contributed by atoms with Gasteiger partial charge in [0.2, 0.25) is 5.91 Å². The summed E-state index contributed by atoms with van der Waals surface area (Å²) < 4.78 is 0. The topological polar surface area (TPSA) is 73.4 Å². The van der Waals surface area contributed by atoms with Gasteiger partial charge < -0.3 is 15.0 Å². The van der Waals surface area contributed by atoms with E-state index in [4.69, 9.17) is 5.11 Å². The Balaban J connectivity index is 2.40. The first-order valence-electron chi connectivity index (χ1n) is 6.50. The van der Waals surface area contributed by atoms with Crippen molar-refractivity contribution in [2.75, 3.05) is 13.2 Å². The number of aryl methyl sites for hydroxylation is 1. The van der Waals surface area contributed by atoms with Crippen molar-refractivity contribution < 1.29 is 9.90 Å². The number of nitrogens with one attached hydrogen (secondary N) is 1. The molecule has 0 fully saturated rings. The molecule has 0 atom stereocenters. The van der Waals surface area contributed by atoms with Crippen LogP contribution in [0, 0.1) is 6.92 Å². The highest BCUT2D eigenvalue weighted by molar-refractivity contribution is 5.80. The van der Waals surface area contributed by atoms with E-state index in [0.29, 0.717) is 5.56 Å².